The van der Waals surface area contributed by atoms with Crippen molar-refractivity contribution in [2.24, 2.45) is 0 Å². The number of hydrogen-bond acceptors (Lipinski definition) is 4. The van der Waals surface area contributed by atoms with Gasteiger partial charge in [-0.3, -0.25) is 19.4 Å². The molecule has 0 saturated heterocycles. The van der Waals surface area contributed by atoms with Crippen molar-refractivity contribution in [3.8, 4) is 0 Å². The average molecular weight is 343 g/mol. The summed E-state index contributed by atoms with van der Waals surface area (Å²) >= 11 is 0. The Bertz CT molecular complexity index is 1070. The molecule has 4 rings (SSSR count). The molecule has 26 heavy (non-hydrogen) atoms. The van der Waals surface area contributed by atoms with Gasteiger partial charge in [0.25, 0.3) is 5.91 Å². The summed E-state index contributed by atoms with van der Waals surface area (Å²) in [7, 11) is 0. The van der Waals surface area contributed by atoms with Gasteiger partial charge in [0.1, 0.15) is 0 Å². The predicted octanol–water partition coefficient (Wildman–Crippen LogP) is 3.44. The summed E-state index contributed by atoms with van der Waals surface area (Å²) in [4.78, 5) is 21.5. The SMILES string of the molecule is Cc1cc(C(=O)Nc2ccn(Cc3ccccn3)n2)c2ccccc2n1. The number of nitrogens with zero attached hydrogens (tertiary/aromatic N) is 4. The molecule has 0 aliphatic carbocycles. The highest BCUT2D eigenvalue weighted by molar-refractivity contribution is 6.12. The number of pyridine rings is 2. The van der Waals surface area contributed by atoms with Gasteiger partial charge >= 0.3 is 0 Å². The van der Waals surface area contributed by atoms with Crippen molar-refractivity contribution < 1.29 is 4.79 Å². The molecule has 0 unspecified atom stereocenters. The molecule has 0 bridgehead atoms. The number of aromatic nitrogens is 4. The van der Waals surface area contributed by atoms with Gasteiger partial charge in [-0.05, 0) is 31.2 Å². The van der Waals surface area contributed by atoms with E-state index in [1.54, 1.807) is 23.0 Å². The summed E-state index contributed by atoms with van der Waals surface area (Å²) < 4.78 is 1.74. The molecule has 0 fully saturated rings. The van der Waals surface area contributed by atoms with Crippen molar-refractivity contribution in [3.63, 3.8) is 0 Å². The molecule has 0 aliphatic heterocycles. The van der Waals surface area contributed by atoms with E-state index < -0.39 is 0 Å². The first kappa shape index (κ1) is 16.0. The van der Waals surface area contributed by atoms with Crippen molar-refractivity contribution in [1.29, 1.82) is 0 Å². The Morgan fingerprint density at radius 3 is 2.81 bits per heavy atom. The minimum atomic E-state index is -0.199. The van der Waals surface area contributed by atoms with Gasteiger partial charge < -0.3 is 5.32 Å². The molecule has 0 spiro atoms. The maximum Gasteiger partial charge on any atom is 0.257 e. The number of carbonyl (C=O) groups is 1. The van der Waals surface area contributed by atoms with Gasteiger partial charge in [-0.1, -0.05) is 24.3 Å². The van der Waals surface area contributed by atoms with Crippen LogP contribution in [0.25, 0.3) is 10.9 Å². The molecule has 0 radical (unpaired) electrons. The molecule has 0 aliphatic rings. The third-order valence-corrected chi connectivity index (χ3v) is 4.02. The number of nitrogens with one attached hydrogen (secondary N) is 1. The zero-order chi connectivity index (χ0) is 17.9. The summed E-state index contributed by atoms with van der Waals surface area (Å²) in [5.74, 6) is 0.305. The van der Waals surface area contributed by atoms with E-state index in [9.17, 15) is 4.79 Å². The van der Waals surface area contributed by atoms with Crippen molar-refractivity contribution in [2.45, 2.75) is 13.5 Å². The van der Waals surface area contributed by atoms with Gasteiger partial charge in [-0.15, -0.1) is 0 Å². The van der Waals surface area contributed by atoms with Crippen LogP contribution in [0, 0.1) is 6.92 Å². The van der Waals surface area contributed by atoms with Gasteiger partial charge in [0, 0.05) is 29.5 Å². The molecule has 128 valence electrons. The summed E-state index contributed by atoms with van der Waals surface area (Å²) in [5, 5.41) is 8.09. The Morgan fingerprint density at radius 2 is 1.96 bits per heavy atom. The minimum absolute atomic E-state index is 0.199. The largest absolute Gasteiger partial charge is 0.305 e. The molecule has 0 atom stereocenters. The number of carbonyl (C=O) groups excluding carboxylic acids is 1. The summed E-state index contributed by atoms with van der Waals surface area (Å²) in [6, 6.07) is 16.9. The van der Waals surface area contributed by atoms with E-state index in [0.717, 1.165) is 22.3 Å². The first-order valence-electron chi connectivity index (χ1n) is 8.30. The molecular weight excluding hydrogens is 326 g/mol. The molecule has 4 aromatic rings. The van der Waals surface area contributed by atoms with Crippen LogP contribution in [0.15, 0.2) is 67.0 Å². The molecule has 6 heteroatoms. The number of rotatable bonds is 4. The number of benzene rings is 1. The lowest BCUT2D eigenvalue weighted by Gasteiger charge is -2.07. The van der Waals surface area contributed by atoms with E-state index in [1.807, 2.05) is 55.6 Å². The second-order valence-electron chi connectivity index (χ2n) is 6.00. The maximum absolute atomic E-state index is 12.7. The van der Waals surface area contributed by atoms with Crippen molar-refractivity contribution in [2.75, 3.05) is 5.32 Å². The van der Waals surface area contributed by atoms with Crippen LogP contribution in [0.2, 0.25) is 0 Å². The molecule has 3 heterocycles. The Labute approximate surface area is 150 Å². The molecule has 0 saturated carbocycles. The van der Waals surface area contributed by atoms with E-state index in [0.29, 0.717) is 17.9 Å². The second kappa shape index (κ2) is 6.76. The number of hydrogen-bond donors (Lipinski definition) is 1. The zero-order valence-electron chi connectivity index (χ0n) is 14.3. The van der Waals surface area contributed by atoms with Gasteiger partial charge in [0.2, 0.25) is 0 Å². The van der Waals surface area contributed by atoms with Crippen LogP contribution in [-0.2, 0) is 6.54 Å². The Balaban J connectivity index is 1.56. The van der Waals surface area contributed by atoms with Crippen LogP contribution in [-0.4, -0.2) is 25.7 Å². The minimum Gasteiger partial charge on any atom is -0.305 e. The van der Waals surface area contributed by atoms with Crippen LogP contribution in [0.4, 0.5) is 5.82 Å². The maximum atomic E-state index is 12.7. The number of para-hydroxylation sites is 1. The normalized spacial score (nSPS) is 10.8. The first-order chi connectivity index (χ1) is 12.7. The average Bonchev–Trinajstić information content (AvgIpc) is 3.08. The standard InChI is InChI=1S/C20H17N5O/c1-14-12-17(16-7-2-3-8-18(16)22-14)20(26)23-19-9-11-25(24-19)13-15-6-4-5-10-21-15/h2-12H,13H2,1H3,(H,23,24,26). The van der Waals surface area contributed by atoms with Gasteiger partial charge in [-0.2, -0.15) is 5.10 Å². The third kappa shape index (κ3) is 3.30. The fourth-order valence-electron chi connectivity index (χ4n) is 2.85. The van der Waals surface area contributed by atoms with Crippen molar-refractivity contribution >= 4 is 22.6 Å². The third-order valence-electron chi connectivity index (χ3n) is 4.02. The summed E-state index contributed by atoms with van der Waals surface area (Å²) in [5.41, 5.74) is 3.10. The Hall–Kier alpha value is -3.54. The van der Waals surface area contributed by atoms with Gasteiger partial charge in [-0.25, -0.2) is 0 Å². The van der Waals surface area contributed by atoms with Crippen LogP contribution in [0.1, 0.15) is 21.7 Å². The lowest BCUT2D eigenvalue weighted by Crippen LogP contribution is -2.14. The molecule has 1 amide bonds. The van der Waals surface area contributed by atoms with E-state index >= 15 is 0 Å². The highest BCUT2D eigenvalue weighted by Gasteiger charge is 2.13. The lowest BCUT2D eigenvalue weighted by atomic mass is 10.1. The monoisotopic (exact) mass is 343 g/mol. The van der Waals surface area contributed by atoms with Crippen molar-refractivity contribution in [3.05, 3.63) is 83.9 Å². The van der Waals surface area contributed by atoms with Crippen LogP contribution in [0.5, 0.6) is 0 Å². The predicted molar refractivity (Wildman–Crippen MR) is 100.0 cm³/mol. The highest BCUT2D eigenvalue weighted by Crippen LogP contribution is 2.19. The summed E-state index contributed by atoms with van der Waals surface area (Å²) in [6.07, 6.45) is 3.57. The smallest absolute Gasteiger partial charge is 0.257 e. The van der Waals surface area contributed by atoms with Crippen LogP contribution >= 0.6 is 0 Å². The van der Waals surface area contributed by atoms with E-state index in [4.69, 9.17) is 0 Å². The van der Waals surface area contributed by atoms with Crippen molar-refractivity contribution in [1.82, 2.24) is 19.7 Å². The molecule has 1 aromatic carbocycles. The molecule has 3 aromatic heterocycles. The quantitative estimate of drug-likeness (QED) is 0.616. The lowest BCUT2D eigenvalue weighted by molar-refractivity contribution is 0.102. The Morgan fingerprint density at radius 1 is 1.12 bits per heavy atom. The topological polar surface area (TPSA) is 72.7 Å². The second-order valence-corrected chi connectivity index (χ2v) is 6.00. The molecular formula is C20H17N5O. The van der Waals surface area contributed by atoms with Gasteiger partial charge in [0.15, 0.2) is 5.82 Å². The highest BCUT2D eigenvalue weighted by atomic mass is 16.1. The Kier molecular flexibility index (Phi) is 4.15. The van der Waals surface area contributed by atoms with Gasteiger partial charge in [0.05, 0.1) is 23.3 Å². The molecule has 6 nitrogen and oxygen atoms in total. The first-order valence-corrected chi connectivity index (χ1v) is 8.30. The van der Waals surface area contributed by atoms with Crippen LogP contribution in [0.3, 0.4) is 0 Å². The summed E-state index contributed by atoms with van der Waals surface area (Å²) in [6.45, 7) is 2.43. The number of anilines is 1. The fourth-order valence-corrected chi connectivity index (χ4v) is 2.85. The van der Waals surface area contributed by atoms with E-state index in [2.05, 4.69) is 20.4 Å². The van der Waals surface area contributed by atoms with E-state index in [1.165, 1.54) is 0 Å². The fraction of sp³-hybridized carbons (Fsp3) is 0.100. The number of fused-ring (bicyclic) bond motifs is 1. The van der Waals surface area contributed by atoms with Crippen LogP contribution < -0.4 is 5.32 Å². The number of amides is 1. The van der Waals surface area contributed by atoms with E-state index in [-0.39, 0.29) is 5.91 Å². The molecule has 1 N–H and O–H groups in total. The number of aryl methyl sites for hydroxylation is 1. The zero-order valence-corrected chi connectivity index (χ0v) is 14.3.